The number of hydrogen-bond acceptors (Lipinski definition) is 1. The lowest BCUT2D eigenvalue weighted by molar-refractivity contribution is 0.291. The molecule has 0 amide bonds. The molecule has 1 nitrogen and oxygen atoms in total. The van der Waals surface area contributed by atoms with Crippen LogP contribution in [0.1, 0.15) is 12.0 Å². The molecule has 1 heterocycles. The second-order valence-corrected chi connectivity index (χ2v) is 3.99. The molecule has 2 heteroatoms. The SMILES string of the molecule is Clc1ccccc1CN1CC=CCC1. The van der Waals surface area contributed by atoms with Gasteiger partial charge in [-0.2, -0.15) is 0 Å². The monoisotopic (exact) mass is 207 g/mol. The summed E-state index contributed by atoms with van der Waals surface area (Å²) in [7, 11) is 0. The fourth-order valence-corrected chi connectivity index (χ4v) is 1.90. The normalized spacial score (nSPS) is 17.2. The maximum absolute atomic E-state index is 6.10. The molecular weight excluding hydrogens is 194 g/mol. The Morgan fingerprint density at radius 3 is 2.79 bits per heavy atom. The van der Waals surface area contributed by atoms with Crippen molar-refractivity contribution >= 4 is 11.6 Å². The first-order chi connectivity index (χ1) is 6.86. The fraction of sp³-hybridized carbons (Fsp3) is 0.333. The fourth-order valence-electron chi connectivity index (χ4n) is 1.70. The van der Waals surface area contributed by atoms with E-state index in [1.165, 1.54) is 5.56 Å². The van der Waals surface area contributed by atoms with Crippen molar-refractivity contribution in [2.24, 2.45) is 0 Å². The molecule has 0 N–H and O–H groups in total. The molecule has 0 saturated carbocycles. The second-order valence-electron chi connectivity index (χ2n) is 3.59. The van der Waals surface area contributed by atoms with Gasteiger partial charge in [0.15, 0.2) is 0 Å². The van der Waals surface area contributed by atoms with Crippen LogP contribution in [0.3, 0.4) is 0 Å². The molecule has 1 aliphatic heterocycles. The first-order valence-corrected chi connectivity index (χ1v) is 5.35. The predicted octanol–water partition coefficient (Wildman–Crippen LogP) is 3.10. The van der Waals surface area contributed by atoms with Crippen LogP contribution in [0, 0.1) is 0 Å². The van der Waals surface area contributed by atoms with E-state index >= 15 is 0 Å². The van der Waals surface area contributed by atoms with Gasteiger partial charge in [0.2, 0.25) is 0 Å². The van der Waals surface area contributed by atoms with E-state index in [-0.39, 0.29) is 0 Å². The van der Waals surface area contributed by atoms with Gasteiger partial charge in [0.1, 0.15) is 0 Å². The summed E-state index contributed by atoms with van der Waals surface area (Å²) in [6, 6.07) is 8.07. The number of halogens is 1. The Labute approximate surface area is 90.0 Å². The van der Waals surface area contributed by atoms with Gasteiger partial charge in [0.05, 0.1) is 0 Å². The Morgan fingerprint density at radius 1 is 1.21 bits per heavy atom. The summed E-state index contributed by atoms with van der Waals surface area (Å²) in [5, 5.41) is 0.877. The Kier molecular flexibility index (Phi) is 3.22. The highest BCUT2D eigenvalue weighted by Gasteiger charge is 2.08. The van der Waals surface area contributed by atoms with Crippen molar-refractivity contribution in [3.63, 3.8) is 0 Å². The lowest BCUT2D eigenvalue weighted by atomic mass is 10.2. The third-order valence-corrected chi connectivity index (χ3v) is 2.86. The van der Waals surface area contributed by atoms with Crippen molar-refractivity contribution in [1.29, 1.82) is 0 Å². The molecule has 74 valence electrons. The largest absolute Gasteiger partial charge is 0.295 e. The number of rotatable bonds is 2. The van der Waals surface area contributed by atoms with Crippen LogP contribution in [0.25, 0.3) is 0 Å². The van der Waals surface area contributed by atoms with E-state index in [0.717, 1.165) is 31.1 Å². The van der Waals surface area contributed by atoms with Crippen LogP contribution in [0.4, 0.5) is 0 Å². The predicted molar refractivity (Wildman–Crippen MR) is 60.5 cm³/mol. The standard InChI is InChI=1S/C12H14ClN/c13-12-7-3-2-6-11(12)10-14-8-4-1-5-9-14/h1-4,6-7H,5,8-10H2. The molecule has 1 aliphatic rings. The van der Waals surface area contributed by atoms with Crippen molar-refractivity contribution in [1.82, 2.24) is 4.90 Å². The maximum Gasteiger partial charge on any atom is 0.0451 e. The van der Waals surface area contributed by atoms with Crippen LogP contribution in [0.5, 0.6) is 0 Å². The summed E-state index contributed by atoms with van der Waals surface area (Å²) in [6.07, 6.45) is 5.62. The molecule has 0 bridgehead atoms. The average molecular weight is 208 g/mol. The van der Waals surface area contributed by atoms with E-state index in [1.54, 1.807) is 0 Å². The lowest BCUT2D eigenvalue weighted by Crippen LogP contribution is -2.26. The van der Waals surface area contributed by atoms with Crippen LogP contribution in [-0.4, -0.2) is 18.0 Å². The Hall–Kier alpha value is -0.790. The van der Waals surface area contributed by atoms with E-state index in [4.69, 9.17) is 11.6 Å². The van der Waals surface area contributed by atoms with E-state index in [2.05, 4.69) is 23.1 Å². The summed E-state index contributed by atoms with van der Waals surface area (Å²) >= 11 is 6.10. The molecular formula is C12H14ClN. The molecule has 0 fully saturated rings. The summed E-state index contributed by atoms with van der Waals surface area (Å²) in [4.78, 5) is 2.40. The quantitative estimate of drug-likeness (QED) is 0.674. The molecule has 0 atom stereocenters. The first-order valence-electron chi connectivity index (χ1n) is 4.97. The number of nitrogens with zero attached hydrogens (tertiary/aromatic N) is 1. The van der Waals surface area contributed by atoms with Crippen molar-refractivity contribution in [3.05, 3.63) is 47.0 Å². The molecule has 14 heavy (non-hydrogen) atoms. The maximum atomic E-state index is 6.10. The minimum atomic E-state index is 0.877. The van der Waals surface area contributed by atoms with Crippen LogP contribution in [0.15, 0.2) is 36.4 Å². The summed E-state index contributed by atoms with van der Waals surface area (Å²) < 4.78 is 0. The van der Waals surface area contributed by atoms with Crippen molar-refractivity contribution < 1.29 is 0 Å². The van der Waals surface area contributed by atoms with Gasteiger partial charge in [-0.3, -0.25) is 4.90 Å². The number of hydrogen-bond donors (Lipinski definition) is 0. The Bertz CT molecular complexity index is 333. The van der Waals surface area contributed by atoms with Crippen molar-refractivity contribution in [2.75, 3.05) is 13.1 Å². The van der Waals surface area contributed by atoms with Crippen LogP contribution < -0.4 is 0 Å². The molecule has 0 aliphatic carbocycles. The molecule has 1 aromatic carbocycles. The Balaban J connectivity index is 2.03. The molecule has 2 rings (SSSR count). The topological polar surface area (TPSA) is 3.24 Å². The highest BCUT2D eigenvalue weighted by molar-refractivity contribution is 6.31. The van der Waals surface area contributed by atoms with Gasteiger partial charge >= 0.3 is 0 Å². The van der Waals surface area contributed by atoms with Gasteiger partial charge in [0, 0.05) is 24.7 Å². The minimum absolute atomic E-state index is 0.877. The zero-order valence-electron chi connectivity index (χ0n) is 8.12. The lowest BCUT2D eigenvalue weighted by Gasteiger charge is -2.23. The minimum Gasteiger partial charge on any atom is -0.295 e. The summed E-state index contributed by atoms with van der Waals surface area (Å²) in [5.74, 6) is 0. The van der Waals surface area contributed by atoms with Crippen molar-refractivity contribution in [2.45, 2.75) is 13.0 Å². The molecule has 0 saturated heterocycles. The Morgan fingerprint density at radius 2 is 2.07 bits per heavy atom. The summed E-state index contributed by atoms with van der Waals surface area (Å²) in [5.41, 5.74) is 1.23. The van der Waals surface area contributed by atoms with Crippen molar-refractivity contribution in [3.8, 4) is 0 Å². The zero-order chi connectivity index (χ0) is 9.80. The third-order valence-electron chi connectivity index (χ3n) is 2.49. The van der Waals surface area contributed by atoms with E-state index in [0.29, 0.717) is 0 Å². The highest BCUT2D eigenvalue weighted by Crippen LogP contribution is 2.17. The smallest absolute Gasteiger partial charge is 0.0451 e. The van der Waals surface area contributed by atoms with Gasteiger partial charge in [-0.15, -0.1) is 0 Å². The molecule has 0 radical (unpaired) electrons. The van der Waals surface area contributed by atoms with Crippen LogP contribution >= 0.6 is 11.6 Å². The van der Waals surface area contributed by atoms with Gasteiger partial charge in [-0.25, -0.2) is 0 Å². The average Bonchev–Trinajstić information content (AvgIpc) is 2.23. The van der Waals surface area contributed by atoms with Gasteiger partial charge < -0.3 is 0 Å². The van der Waals surface area contributed by atoms with Gasteiger partial charge in [0.25, 0.3) is 0 Å². The van der Waals surface area contributed by atoms with E-state index in [9.17, 15) is 0 Å². The van der Waals surface area contributed by atoms with Crippen LogP contribution in [-0.2, 0) is 6.54 Å². The highest BCUT2D eigenvalue weighted by atomic mass is 35.5. The summed E-state index contributed by atoms with van der Waals surface area (Å²) in [6.45, 7) is 3.15. The van der Waals surface area contributed by atoms with Crippen LogP contribution in [0.2, 0.25) is 5.02 Å². The second kappa shape index (κ2) is 4.63. The number of benzene rings is 1. The third kappa shape index (κ3) is 2.37. The van der Waals surface area contributed by atoms with E-state index < -0.39 is 0 Å². The molecule has 0 spiro atoms. The molecule has 0 unspecified atom stereocenters. The molecule has 1 aromatic rings. The van der Waals surface area contributed by atoms with Gasteiger partial charge in [-0.1, -0.05) is 42.0 Å². The zero-order valence-corrected chi connectivity index (χ0v) is 8.87. The van der Waals surface area contributed by atoms with E-state index in [1.807, 2.05) is 18.2 Å². The first kappa shape index (κ1) is 9.75. The molecule has 0 aromatic heterocycles. The van der Waals surface area contributed by atoms with Gasteiger partial charge in [-0.05, 0) is 18.1 Å².